The molecule has 1 N–H and O–H groups in total. The van der Waals surface area contributed by atoms with Crippen molar-refractivity contribution in [2.75, 3.05) is 0 Å². The molecule has 0 saturated carbocycles. The summed E-state index contributed by atoms with van der Waals surface area (Å²) < 4.78 is 1.90. The number of pyridine rings is 1. The van der Waals surface area contributed by atoms with Gasteiger partial charge in [0.15, 0.2) is 0 Å². The molecule has 0 spiro atoms. The van der Waals surface area contributed by atoms with Crippen molar-refractivity contribution in [2.24, 2.45) is 12.1 Å². The molecule has 0 aliphatic heterocycles. The van der Waals surface area contributed by atoms with Crippen LogP contribution in [0, 0.1) is 0 Å². The molecule has 2 rings (SSSR count). The zero-order valence-electron chi connectivity index (χ0n) is 9.37. The lowest BCUT2D eigenvalue weighted by molar-refractivity contribution is 0.0950. The highest BCUT2D eigenvalue weighted by Gasteiger charge is 2.03. The third-order valence-corrected chi connectivity index (χ3v) is 2.13. The average Bonchev–Trinajstić information content (AvgIpc) is 2.76. The van der Waals surface area contributed by atoms with Crippen molar-refractivity contribution in [3.63, 3.8) is 0 Å². The quantitative estimate of drug-likeness (QED) is 0.633. The number of aryl methyl sites for hydroxylation is 1. The van der Waals surface area contributed by atoms with Crippen LogP contribution in [0.25, 0.3) is 0 Å². The van der Waals surface area contributed by atoms with Gasteiger partial charge in [0.05, 0.1) is 6.21 Å². The first-order chi connectivity index (χ1) is 8.25. The molecule has 0 radical (unpaired) electrons. The molecule has 0 aromatic carbocycles. The van der Waals surface area contributed by atoms with Gasteiger partial charge < -0.3 is 4.57 Å². The number of nitrogens with one attached hydrogen (secondary N) is 1. The summed E-state index contributed by atoms with van der Waals surface area (Å²) in [7, 11) is 1.92. The smallest absolute Gasteiger partial charge is 0.289 e. The number of aromatic nitrogens is 2. The maximum atomic E-state index is 11.5. The van der Waals surface area contributed by atoms with E-state index < -0.39 is 0 Å². The van der Waals surface area contributed by atoms with E-state index in [0.717, 1.165) is 5.56 Å². The lowest BCUT2D eigenvalue weighted by Gasteiger charge is -1.96. The molecule has 0 saturated heterocycles. The van der Waals surface area contributed by atoms with Gasteiger partial charge in [-0.25, -0.2) is 5.43 Å². The first-order valence-corrected chi connectivity index (χ1v) is 5.12. The average molecular weight is 228 g/mol. The minimum atomic E-state index is -0.321. The van der Waals surface area contributed by atoms with Gasteiger partial charge in [-0.2, -0.15) is 5.10 Å². The second-order valence-electron chi connectivity index (χ2n) is 3.52. The molecular weight excluding hydrogens is 216 g/mol. The minimum Gasteiger partial charge on any atom is -0.357 e. The zero-order valence-corrected chi connectivity index (χ0v) is 9.37. The van der Waals surface area contributed by atoms with Gasteiger partial charge in [0.25, 0.3) is 5.91 Å². The van der Waals surface area contributed by atoms with Gasteiger partial charge in [0.2, 0.25) is 0 Å². The molecule has 1 amide bonds. The summed E-state index contributed by atoms with van der Waals surface area (Å²) in [5, 5.41) is 3.85. The highest BCUT2D eigenvalue weighted by atomic mass is 16.2. The number of hydrogen-bond donors (Lipinski definition) is 1. The molecule has 17 heavy (non-hydrogen) atoms. The Bertz CT molecular complexity index is 530. The van der Waals surface area contributed by atoms with Crippen molar-refractivity contribution in [3.8, 4) is 0 Å². The molecule has 0 bridgehead atoms. The maximum absolute atomic E-state index is 11.5. The van der Waals surface area contributed by atoms with E-state index in [1.165, 1.54) is 0 Å². The summed E-state index contributed by atoms with van der Waals surface area (Å²) in [6.45, 7) is 0. The summed E-state index contributed by atoms with van der Waals surface area (Å²) in [5.41, 5.74) is 3.69. The van der Waals surface area contributed by atoms with Crippen molar-refractivity contribution in [1.29, 1.82) is 0 Å². The molecule has 86 valence electrons. The predicted octanol–water partition coefficient (Wildman–Crippen LogP) is 1.18. The van der Waals surface area contributed by atoms with E-state index in [4.69, 9.17) is 0 Å². The van der Waals surface area contributed by atoms with Gasteiger partial charge in [-0.3, -0.25) is 9.78 Å². The second kappa shape index (κ2) is 5.07. The standard InChI is InChI=1S/C12H12N4O/c1-16-7-5-10(9-16)8-14-15-12(17)11-4-2-3-6-13-11/h2-9H,1H3,(H,15,17)/b14-8-. The number of hydrogen-bond acceptors (Lipinski definition) is 3. The van der Waals surface area contributed by atoms with E-state index in [-0.39, 0.29) is 5.91 Å². The Morgan fingerprint density at radius 3 is 3.00 bits per heavy atom. The largest absolute Gasteiger partial charge is 0.357 e. The van der Waals surface area contributed by atoms with E-state index in [1.54, 1.807) is 30.6 Å². The third-order valence-electron chi connectivity index (χ3n) is 2.13. The van der Waals surface area contributed by atoms with Crippen molar-refractivity contribution in [1.82, 2.24) is 15.0 Å². The topological polar surface area (TPSA) is 59.3 Å². The van der Waals surface area contributed by atoms with Gasteiger partial charge in [-0.1, -0.05) is 6.07 Å². The Morgan fingerprint density at radius 1 is 1.47 bits per heavy atom. The summed E-state index contributed by atoms with van der Waals surface area (Å²) in [5.74, 6) is -0.321. The van der Waals surface area contributed by atoms with Crippen LogP contribution in [0.15, 0.2) is 48.0 Å². The van der Waals surface area contributed by atoms with Gasteiger partial charge in [-0.05, 0) is 18.2 Å². The van der Waals surface area contributed by atoms with Crippen LogP contribution in [0.2, 0.25) is 0 Å². The van der Waals surface area contributed by atoms with Crippen LogP contribution in [0.1, 0.15) is 16.1 Å². The Morgan fingerprint density at radius 2 is 2.35 bits per heavy atom. The molecule has 0 fully saturated rings. The molecular formula is C12H12N4O. The predicted molar refractivity (Wildman–Crippen MR) is 64.7 cm³/mol. The molecule has 0 unspecified atom stereocenters. The molecule has 2 aromatic heterocycles. The van der Waals surface area contributed by atoms with Crippen LogP contribution < -0.4 is 5.43 Å². The molecule has 0 atom stereocenters. The van der Waals surface area contributed by atoms with Crippen LogP contribution >= 0.6 is 0 Å². The van der Waals surface area contributed by atoms with E-state index in [1.807, 2.05) is 30.1 Å². The number of rotatable bonds is 3. The normalized spacial score (nSPS) is 10.6. The number of carbonyl (C=O) groups is 1. The van der Waals surface area contributed by atoms with E-state index in [2.05, 4.69) is 15.5 Å². The number of amides is 1. The van der Waals surface area contributed by atoms with E-state index in [9.17, 15) is 4.79 Å². The van der Waals surface area contributed by atoms with Gasteiger partial charge in [-0.15, -0.1) is 0 Å². The van der Waals surface area contributed by atoms with Crippen molar-refractivity contribution in [3.05, 3.63) is 54.1 Å². The monoisotopic (exact) mass is 228 g/mol. The highest BCUT2D eigenvalue weighted by molar-refractivity contribution is 5.92. The number of nitrogens with zero attached hydrogens (tertiary/aromatic N) is 3. The number of carbonyl (C=O) groups excluding carboxylic acids is 1. The van der Waals surface area contributed by atoms with Gasteiger partial charge >= 0.3 is 0 Å². The van der Waals surface area contributed by atoms with E-state index in [0.29, 0.717) is 5.69 Å². The SMILES string of the molecule is Cn1ccc(/C=N\NC(=O)c2ccccn2)c1. The molecule has 5 heteroatoms. The second-order valence-corrected chi connectivity index (χ2v) is 3.52. The van der Waals surface area contributed by atoms with Crippen molar-refractivity contribution >= 4 is 12.1 Å². The minimum absolute atomic E-state index is 0.321. The van der Waals surface area contributed by atoms with Gasteiger partial charge in [0, 0.05) is 31.2 Å². The van der Waals surface area contributed by atoms with Crippen LogP contribution in [0.3, 0.4) is 0 Å². The fraction of sp³-hybridized carbons (Fsp3) is 0.0833. The lowest BCUT2D eigenvalue weighted by Crippen LogP contribution is -2.18. The summed E-state index contributed by atoms with van der Waals surface area (Å²) in [4.78, 5) is 15.5. The van der Waals surface area contributed by atoms with Crippen LogP contribution in [0.5, 0.6) is 0 Å². The molecule has 2 aromatic rings. The van der Waals surface area contributed by atoms with E-state index >= 15 is 0 Å². The summed E-state index contributed by atoms with van der Waals surface area (Å²) >= 11 is 0. The maximum Gasteiger partial charge on any atom is 0.289 e. The molecule has 5 nitrogen and oxygen atoms in total. The van der Waals surface area contributed by atoms with Crippen molar-refractivity contribution in [2.45, 2.75) is 0 Å². The fourth-order valence-electron chi connectivity index (χ4n) is 1.32. The Kier molecular flexibility index (Phi) is 3.30. The zero-order chi connectivity index (χ0) is 12.1. The van der Waals surface area contributed by atoms with Crippen LogP contribution in [0.4, 0.5) is 0 Å². The molecule has 0 aliphatic rings. The summed E-state index contributed by atoms with van der Waals surface area (Å²) in [6.07, 6.45) is 6.95. The molecule has 0 aliphatic carbocycles. The third kappa shape index (κ3) is 3.01. The van der Waals surface area contributed by atoms with Crippen molar-refractivity contribution < 1.29 is 4.79 Å². The lowest BCUT2D eigenvalue weighted by atomic mass is 10.3. The Hall–Kier alpha value is -2.43. The molecule has 2 heterocycles. The highest BCUT2D eigenvalue weighted by Crippen LogP contribution is 1.95. The van der Waals surface area contributed by atoms with Crippen LogP contribution in [-0.2, 0) is 7.05 Å². The first-order valence-electron chi connectivity index (χ1n) is 5.12. The fourth-order valence-corrected chi connectivity index (χ4v) is 1.32. The Labute approximate surface area is 98.8 Å². The van der Waals surface area contributed by atoms with Crippen LogP contribution in [-0.4, -0.2) is 21.7 Å². The first kappa shape index (κ1) is 11.1. The number of hydrazone groups is 1. The Balaban J connectivity index is 1.95. The summed E-state index contributed by atoms with van der Waals surface area (Å²) in [6, 6.07) is 7.04. The van der Waals surface area contributed by atoms with Gasteiger partial charge in [0.1, 0.15) is 5.69 Å².